The van der Waals surface area contributed by atoms with Crippen molar-refractivity contribution < 1.29 is 9.13 Å². The summed E-state index contributed by atoms with van der Waals surface area (Å²) in [4.78, 5) is 8.49. The molecule has 1 aromatic heterocycles. The van der Waals surface area contributed by atoms with Crippen LogP contribution < -0.4 is 4.74 Å². The highest BCUT2D eigenvalue weighted by Gasteiger charge is 2.10. The van der Waals surface area contributed by atoms with Crippen molar-refractivity contribution in [3.8, 4) is 11.6 Å². The summed E-state index contributed by atoms with van der Waals surface area (Å²) in [5.41, 5.74) is 0. The fourth-order valence-corrected chi connectivity index (χ4v) is 2.11. The molecule has 2 rings (SSSR count). The van der Waals surface area contributed by atoms with Crippen LogP contribution in [0.3, 0.4) is 0 Å². The molecule has 6 heteroatoms. The molecule has 0 atom stereocenters. The second-order valence-corrected chi connectivity index (χ2v) is 5.95. The summed E-state index contributed by atoms with van der Waals surface area (Å²) in [5.74, 6) is 0.794. The number of nitrogens with zero attached hydrogens (tertiary/aromatic N) is 2. The molecule has 0 saturated carbocycles. The van der Waals surface area contributed by atoms with Crippen LogP contribution >= 0.6 is 31.9 Å². The summed E-state index contributed by atoms with van der Waals surface area (Å²) >= 11 is 6.49. The Balaban J connectivity index is 2.32. The van der Waals surface area contributed by atoms with Crippen molar-refractivity contribution in [1.82, 2.24) is 9.97 Å². The topological polar surface area (TPSA) is 35.0 Å². The number of halogens is 3. The van der Waals surface area contributed by atoms with Crippen LogP contribution in [-0.2, 0) is 0 Å². The molecular weight excluding hydrogens is 379 g/mol. The molecule has 0 aliphatic heterocycles. The molecule has 0 aliphatic rings. The number of rotatable bonds is 3. The van der Waals surface area contributed by atoms with E-state index in [-0.39, 0.29) is 11.7 Å². The van der Waals surface area contributed by atoms with Crippen LogP contribution in [0.5, 0.6) is 11.6 Å². The Morgan fingerprint density at radius 2 is 1.89 bits per heavy atom. The Labute approximate surface area is 127 Å². The molecule has 0 bridgehead atoms. The zero-order valence-electron chi connectivity index (χ0n) is 10.3. The molecule has 0 radical (unpaired) electrons. The normalized spacial score (nSPS) is 10.8. The fourth-order valence-electron chi connectivity index (χ4n) is 1.39. The first-order valence-corrected chi connectivity index (χ1v) is 7.21. The molecule has 3 nitrogen and oxygen atoms in total. The van der Waals surface area contributed by atoms with Gasteiger partial charge in [-0.05, 0) is 34.1 Å². The van der Waals surface area contributed by atoms with Crippen molar-refractivity contribution in [2.45, 2.75) is 19.8 Å². The van der Waals surface area contributed by atoms with Crippen molar-refractivity contribution >= 4 is 31.9 Å². The van der Waals surface area contributed by atoms with Gasteiger partial charge in [0.15, 0.2) is 11.6 Å². The summed E-state index contributed by atoms with van der Waals surface area (Å²) in [5, 5.41) is 0. The molecule has 1 aromatic carbocycles. The van der Waals surface area contributed by atoms with E-state index in [2.05, 4.69) is 41.8 Å². The zero-order valence-corrected chi connectivity index (χ0v) is 13.5. The predicted octanol–water partition coefficient (Wildman–Crippen LogP) is 5.06. The van der Waals surface area contributed by atoms with Gasteiger partial charge < -0.3 is 4.74 Å². The Hall–Kier alpha value is -1.01. The minimum absolute atomic E-state index is 0.128. The Morgan fingerprint density at radius 3 is 2.53 bits per heavy atom. The van der Waals surface area contributed by atoms with Crippen LogP contribution in [0.4, 0.5) is 4.39 Å². The lowest BCUT2D eigenvalue weighted by atomic mass is 10.2. The monoisotopic (exact) mass is 388 g/mol. The minimum Gasteiger partial charge on any atom is -0.436 e. The van der Waals surface area contributed by atoms with E-state index in [4.69, 9.17) is 4.74 Å². The van der Waals surface area contributed by atoms with Gasteiger partial charge >= 0.3 is 0 Å². The third-order valence-electron chi connectivity index (χ3n) is 2.31. The van der Waals surface area contributed by atoms with E-state index in [9.17, 15) is 4.39 Å². The number of aromatic nitrogens is 2. The maximum absolute atomic E-state index is 13.7. The molecule has 0 unspecified atom stereocenters. The van der Waals surface area contributed by atoms with Gasteiger partial charge in [-0.25, -0.2) is 9.37 Å². The molecule has 1 heterocycles. The smallest absolute Gasteiger partial charge is 0.223 e. The van der Waals surface area contributed by atoms with Crippen molar-refractivity contribution in [3.05, 3.63) is 45.0 Å². The highest BCUT2D eigenvalue weighted by atomic mass is 79.9. The highest BCUT2D eigenvalue weighted by Crippen LogP contribution is 2.27. The average molecular weight is 390 g/mol. The number of hydrogen-bond acceptors (Lipinski definition) is 3. The molecule has 0 aliphatic carbocycles. The Kier molecular flexibility index (Phi) is 4.52. The van der Waals surface area contributed by atoms with E-state index in [1.54, 1.807) is 18.2 Å². The standard InChI is InChI=1S/C13H11Br2FN2O/c1-7(2)13-17-11(15)6-12(18-13)19-10-4-3-8(14)5-9(10)16/h3-7H,1-2H3. The second kappa shape index (κ2) is 5.96. The van der Waals surface area contributed by atoms with Gasteiger partial charge in [0, 0.05) is 16.5 Å². The lowest BCUT2D eigenvalue weighted by Crippen LogP contribution is -2.00. The van der Waals surface area contributed by atoms with Gasteiger partial charge in [0.05, 0.1) is 0 Å². The summed E-state index contributed by atoms with van der Waals surface area (Å²) in [6.45, 7) is 3.96. The molecule has 2 aromatic rings. The van der Waals surface area contributed by atoms with Gasteiger partial charge in [0.1, 0.15) is 10.4 Å². The lowest BCUT2D eigenvalue weighted by Gasteiger charge is -2.09. The van der Waals surface area contributed by atoms with E-state index in [1.165, 1.54) is 6.07 Å². The fraction of sp³-hybridized carbons (Fsp3) is 0.231. The molecule has 0 saturated heterocycles. The molecular formula is C13H11Br2FN2O. The van der Waals surface area contributed by atoms with Crippen LogP contribution in [0.15, 0.2) is 33.3 Å². The third-order valence-corrected chi connectivity index (χ3v) is 3.21. The number of hydrogen-bond donors (Lipinski definition) is 0. The van der Waals surface area contributed by atoms with E-state index in [0.717, 1.165) is 0 Å². The predicted molar refractivity (Wildman–Crippen MR) is 78.0 cm³/mol. The first-order chi connectivity index (χ1) is 8.95. The second-order valence-electron chi connectivity index (χ2n) is 4.22. The zero-order chi connectivity index (χ0) is 14.0. The summed E-state index contributed by atoms with van der Waals surface area (Å²) in [6.07, 6.45) is 0. The molecule has 0 N–H and O–H groups in total. The molecule has 0 spiro atoms. The van der Waals surface area contributed by atoms with Crippen molar-refractivity contribution in [2.24, 2.45) is 0 Å². The van der Waals surface area contributed by atoms with Crippen LogP contribution in [0.2, 0.25) is 0 Å². The minimum atomic E-state index is -0.449. The van der Waals surface area contributed by atoms with Crippen molar-refractivity contribution in [3.63, 3.8) is 0 Å². The van der Waals surface area contributed by atoms with Gasteiger partial charge in [-0.1, -0.05) is 29.8 Å². The quantitative estimate of drug-likeness (QED) is 0.688. The van der Waals surface area contributed by atoms with E-state index in [1.807, 2.05) is 13.8 Å². The van der Waals surface area contributed by atoms with E-state index < -0.39 is 5.82 Å². The maximum atomic E-state index is 13.7. The molecule has 19 heavy (non-hydrogen) atoms. The van der Waals surface area contributed by atoms with E-state index in [0.29, 0.717) is 20.8 Å². The average Bonchev–Trinajstić information content (AvgIpc) is 2.32. The van der Waals surface area contributed by atoms with Gasteiger partial charge in [-0.2, -0.15) is 4.98 Å². The Bertz CT molecular complexity index is 605. The highest BCUT2D eigenvalue weighted by molar-refractivity contribution is 9.10. The van der Waals surface area contributed by atoms with Crippen molar-refractivity contribution in [1.29, 1.82) is 0 Å². The summed E-state index contributed by atoms with van der Waals surface area (Å²) in [7, 11) is 0. The SMILES string of the molecule is CC(C)c1nc(Br)cc(Oc2ccc(Br)cc2F)n1. The maximum Gasteiger partial charge on any atom is 0.223 e. The number of ether oxygens (including phenoxy) is 1. The van der Waals surface area contributed by atoms with Crippen LogP contribution in [-0.4, -0.2) is 9.97 Å². The summed E-state index contributed by atoms with van der Waals surface area (Å²) in [6, 6.07) is 6.20. The molecule has 100 valence electrons. The van der Waals surface area contributed by atoms with Crippen molar-refractivity contribution in [2.75, 3.05) is 0 Å². The van der Waals surface area contributed by atoms with Crippen LogP contribution in [0.1, 0.15) is 25.6 Å². The first kappa shape index (κ1) is 14.4. The van der Waals surface area contributed by atoms with Gasteiger partial charge in [0.2, 0.25) is 5.88 Å². The van der Waals surface area contributed by atoms with Crippen LogP contribution in [0.25, 0.3) is 0 Å². The van der Waals surface area contributed by atoms with Crippen LogP contribution in [0, 0.1) is 5.82 Å². The molecule has 0 fully saturated rings. The summed E-state index contributed by atoms with van der Waals surface area (Å²) < 4.78 is 20.4. The van der Waals surface area contributed by atoms with Gasteiger partial charge in [-0.15, -0.1) is 0 Å². The first-order valence-electron chi connectivity index (χ1n) is 5.63. The molecule has 0 amide bonds. The lowest BCUT2D eigenvalue weighted by molar-refractivity contribution is 0.422. The largest absolute Gasteiger partial charge is 0.436 e. The van der Waals surface area contributed by atoms with Gasteiger partial charge in [-0.3, -0.25) is 0 Å². The van der Waals surface area contributed by atoms with Gasteiger partial charge in [0.25, 0.3) is 0 Å². The third kappa shape index (κ3) is 3.73. The van der Waals surface area contributed by atoms with E-state index >= 15 is 0 Å². The Morgan fingerprint density at radius 1 is 1.16 bits per heavy atom. The number of benzene rings is 1.